The first kappa shape index (κ1) is 33.5. The molecule has 0 aliphatic heterocycles. The van der Waals surface area contributed by atoms with Crippen molar-refractivity contribution in [3.05, 3.63) is 0 Å². The molecule has 4 N–H and O–H groups in total. The fourth-order valence-electron chi connectivity index (χ4n) is 2.95. The molecular formula is C21H44N4O7P-. The molecule has 2 atom stereocenters. The lowest BCUT2D eigenvalue weighted by atomic mass is 10.1. The number of carbonyl (C=O) groups is 3. The van der Waals surface area contributed by atoms with Gasteiger partial charge in [0.2, 0.25) is 11.8 Å². The highest BCUT2D eigenvalue weighted by Crippen LogP contribution is 2.36. The first-order chi connectivity index (χ1) is 15.3. The summed E-state index contributed by atoms with van der Waals surface area (Å²) in [6.07, 6.45) is 10.0. The van der Waals surface area contributed by atoms with Gasteiger partial charge >= 0.3 is 6.03 Å². The van der Waals surface area contributed by atoms with E-state index >= 15 is 0 Å². The van der Waals surface area contributed by atoms with Gasteiger partial charge in [-0.25, -0.2) is 4.79 Å². The molecule has 4 amide bonds. The third-order valence-corrected chi connectivity index (χ3v) is 5.81. The predicted molar refractivity (Wildman–Crippen MR) is 127 cm³/mol. The molecule has 0 aromatic rings. The van der Waals surface area contributed by atoms with Crippen molar-refractivity contribution in [3.8, 4) is 0 Å². The van der Waals surface area contributed by atoms with Crippen LogP contribution in [0.1, 0.15) is 78.1 Å². The Morgan fingerprint density at radius 1 is 0.879 bits per heavy atom. The number of urea groups is 1. The summed E-state index contributed by atoms with van der Waals surface area (Å²) in [6.45, 7) is 0.676. The van der Waals surface area contributed by atoms with E-state index in [0.29, 0.717) is 13.0 Å². The summed E-state index contributed by atoms with van der Waals surface area (Å²) < 4.78 is 19.9. The fourth-order valence-corrected chi connectivity index (χ4v) is 3.41. The van der Waals surface area contributed by atoms with Crippen LogP contribution in [0, 0.1) is 0 Å². The Morgan fingerprint density at radius 3 is 1.88 bits per heavy atom. The van der Waals surface area contributed by atoms with Crippen LogP contribution in [-0.4, -0.2) is 58.2 Å². The van der Waals surface area contributed by atoms with Crippen molar-refractivity contribution >= 4 is 25.7 Å². The first-order valence-electron chi connectivity index (χ1n) is 11.2. The van der Waals surface area contributed by atoms with Crippen LogP contribution >= 0.6 is 7.82 Å². The molecule has 196 valence electrons. The Kier molecular flexibility index (Phi) is 21.2. The highest BCUT2D eigenvalue weighted by Gasteiger charge is 2.22. The van der Waals surface area contributed by atoms with Gasteiger partial charge in [-0.1, -0.05) is 58.8 Å². The summed E-state index contributed by atoms with van der Waals surface area (Å²) in [5.41, 5.74) is 0. The maximum atomic E-state index is 11.9. The Labute approximate surface area is 198 Å². The third-order valence-electron chi connectivity index (χ3n) is 4.87. The van der Waals surface area contributed by atoms with Crippen molar-refractivity contribution in [1.82, 2.24) is 21.3 Å². The topological polar surface area (TPSA) is 158 Å². The van der Waals surface area contributed by atoms with Crippen molar-refractivity contribution in [2.75, 3.05) is 34.4 Å². The SMILES string of the molecule is C.CNC(=O)CC(NC(=O)NCCCCCCCCCCCCOP(=O)([O-])OC)C(=O)NC. The molecule has 0 spiro atoms. The number of phosphoric acid groups is 1. The predicted octanol–water partition coefficient (Wildman–Crippen LogP) is 2.20. The maximum Gasteiger partial charge on any atom is 0.315 e. The minimum atomic E-state index is -4.09. The molecule has 0 aliphatic rings. The number of nitrogens with one attached hydrogen (secondary N) is 4. The molecule has 33 heavy (non-hydrogen) atoms. The van der Waals surface area contributed by atoms with Crippen LogP contribution in [0.15, 0.2) is 0 Å². The fraction of sp³-hybridized carbons (Fsp3) is 0.857. The van der Waals surface area contributed by atoms with E-state index in [-0.39, 0.29) is 26.4 Å². The van der Waals surface area contributed by atoms with Crippen LogP contribution in [0.4, 0.5) is 4.79 Å². The number of phosphoric ester groups is 1. The van der Waals surface area contributed by atoms with Gasteiger partial charge in [0.15, 0.2) is 0 Å². The summed E-state index contributed by atoms with van der Waals surface area (Å²) >= 11 is 0. The second kappa shape index (κ2) is 20.9. The van der Waals surface area contributed by atoms with Gasteiger partial charge in [0.05, 0.1) is 13.0 Å². The number of carbonyl (C=O) groups excluding carboxylic acids is 3. The van der Waals surface area contributed by atoms with E-state index in [1.807, 2.05) is 0 Å². The summed E-state index contributed by atoms with van der Waals surface area (Å²) in [5, 5.41) is 10.1. The lowest BCUT2D eigenvalue weighted by Gasteiger charge is -2.19. The second-order valence-corrected chi connectivity index (χ2v) is 8.96. The molecule has 0 saturated carbocycles. The minimum absolute atomic E-state index is 0. The summed E-state index contributed by atoms with van der Waals surface area (Å²) in [4.78, 5) is 46.2. The van der Waals surface area contributed by atoms with Gasteiger partial charge in [0.25, 0.3) is 7.82 Å². The van der Waals surface area contributed by atoms with Crippen molar-refractivity contribution in [3.63, 3.8) is 0 Å². The van der Waals surface area contributed by atoms with E-state index in [2.05, 4.69) is 30.3 Å². The normalized spacial score (nSPS) is 13.2. The molecule has 0 heterocycles. The number of likely N-dealkylation sites (N-methyl/N-ethyl adjacent to an activating group) is 1. The zero-order chi connectivity index (χ0) is 24.2. The van der Waals surface area contributed by atoms with E-state index in [9.17, 15) is 23.8 Å². The van der Waals surface area contributed by atoms with E-state index in [1.165, 1.54) is 14.1 Å². The molecule has 12 heteroatoms. The van der Waals surface area contributed by atoms with Gasteiger partial charge < -0.3 is 35.2 Å². The molecule has 11 nitrogen and oxygen atoms in total. The van der Waals surface area contributed by atoms with Gasteiger partial charge in [0, 0.05) is 27.7 Å². The number of rotatable bonds is 19. The Bertz CT molecular complexity index is 593. The maximum absolute atomic E-state index is 11.9. The molecule has 2 unspecified atom stereocenters. The molecule has 0 aliphatic carbocycles. The zero-order valence-corrected chi connectivity index (χ0v) is 20.5. The van der Waals surface area contributed by atoms with E-state index in [0.717, 1.165) is 64.9 Å². The Balaban J connectivity index is 0. The van der Waals surface area contributed by atoms with Crippen LogP contribution < -0.4 is 26.2 Å². The van der Waals surface area contributed by atoms with Crippen molar-refractivity contribution < 1.29 is 32.9 Å². The largest absolute Gasteiger partial charge is 0.756 e. The summed E-state index contributed by atoms with van der Waals surface area (Å²) in [7, 11) is -0.0767. The number of hydrogen-bond donors (Lipinski definition) is 4. The lowest BCUT2D eigenvalue weighted by molar-refractivity contribution is -0.223. The van der Waals surface area contributed by atoms with Gasteiger partial charge in [-0.05, 0) is 12.8 Å². The van der Waals surface area contributed by atoms with Crippen molar-refractivity contribution in [2.45, 2.75) is 84.1 Å². The van der Waals surface area contributed by atoms with Crippen LogP contribution in [0.3, 0.4) is 0 Å². The minimum Gasteiger partial charge on any atom is -0.756 e. The van der Waals surface area contributed by atoms with E-state index in [1.54, 1.807) is 0 Å². The lowest BCUT2D eigenvalue weighted by Crippen LogP contribution is -2.51. The van der Waals surface area contributed by atoms with Gasteiger partial charge in [-0.3, -0.25) is 14.2 Å². The number of hydrogen-bond acceptors (Lipinski definition) is 7. The zero-order valence-electron chi connectivity index (χ0n) is 19.6. The Hall–Kier alpha value is -1.68. The van der Waals surface area contributed by atoms with Crippen molar-refractivity contribution in [2.24, 2.45) is 0 Å². The average Bonchev–Trinajstić information content (AvgIpc) is 2.77. The van der Waals surface area contributed by atoms with Crippen LogP contribution in [0.25, 0.3) is 0 Å². The highest BCUT2D eigenvalue weighted by atomic mass is 31.2. The standard InChI is InChI=1S/C20H41N4O7P.CH4/c1-21-18(25)16-17(19(26)22-2)24-20(27)23-14-12-10-8-6-4-5-7-9-11-13-15-31-32(28,29)30-3;/h17H,4-16H2,1-3H3,(H,21,25)(H,22,26)(H,28,29)(H2,23,24,27);1H4/p-1. The van der Waals surface area contributed by atoms with Crippen LogP contribution in [0.2, 0.25) is 0 Å². The summed E-state index contributed by atoms with van der Waals surface area (Å²) in [6, 6.07) is -1.38. The molecule has 0 saturated heterocycles. The first-order valence-corrected chi connectivity index (χ1v) is 12.7. The molecular weight excluding hydrogens is 451 g/mol. The van der Waals surface area contributed by atoms with Crippen LogP contribution in [-0.2, 0) is 23.2 Å². The monoisotopic (exact) mass is 495 g/mol. The molecule has 0 rings (SSSR count). The summed E-state index contributed by atoms with van der Waals surface area (Å²) in [5.74, 6) is -0.748. The molecule has 0 fully saturated rings. The van der Waals surface area contributed by atoms with Crippen molar-refractivity contribution in [1.29, 1.82) is 0 Å². The number of unbranched alkanes of at least 4 members (excludes halogenated alkanes) is 9. The Morgan fingerprint density at radius 2 is 1.39 bits per heavy atom. The average molecular weight is 496 g/mol. The van der Waals surface area contributed by atoms with E-state index in [4.69, 9.17) is 0 Å². The highest BCUT2D eigenvalue weighted by molar-refractivity contribution is 7.45. The molecule has 0 aromatic carbocycles. The molecule has 0 aromatic heterocycles. The van der Waals surface area contributed by atoms with Gasteiger partial charge in [-0.2, -0.15) is 0 Å². The third kappa shape index (κ3) is 19.5. The smallest absolute Gasteiger partial charge is 0.315 e. The van der Waals surface area contributed by atoms with E-state index < -0.39 is 25.8 Å². The van der Waals surface area contributed by atoms with Crippen LogP contribution in [0.5, 0.6) is 0 Å². The number of amides is 4. The van der Waals surface area contributed by atoms with Gasteiger partial charge in [0.1, 0.15) is 6.04 Å². The quantitative estimate of drug-likeness (QED) is 0.158. The second-order valence-electron chi connectivity index (χ2n) is 7.44. The molecule has 0 bridgehead atoms. The van der Waals surface area contributed by atoms with Gasteiger partial charge in [-0.15, -0.1) is 0 Å². The molecule has 0 radical (unpaired) electrons.